The second kappa shape index (κ2) is 8.89. The van der Waals surface area contributed by atoms with E-state index in [0.29, 0.717) is 0 Å². The highest BCUT2D eigenvalue weighted by Crippen LogP contribution is 2.09. The van der Waals surface area contributed by atoms with Crippen LogP contribution in [0.4, 0.5) is 0 Å². The summed E-state index contributed by atoms with van der Waals surface area (Å²) < 4.78 is 1.99. The first-order valence-electron chi connectivity index (χ1n) is 7.06. The molecule has 0 aromatic heterocycles. The van der Waals surface area contributed by atoms with E-state index in [9.17, 15) is 0 Å². The quantitative estimate of drug-likeness (QED) is 0.375. The molecule has 0 fully saturated rings. The first-order valence-corrected chi connectivity index (χ1v) is 7.06. The Balaban J connectivity index is 4.42. The van der Waals surface area contributed by atoms with E-state index in [-0.39, 0.29) is 0 Å². The SMILES string of the molecule is C=CC[N+](C)(CC=C)CCC[N+](C)(CC=C)CC=C. The van der Waals surface area contributed by atoms with Gasteiger partial charge < -0.3 is 8.97 Å². The average molecular weight is 264 g/mol. The van der Waals surface area contributed by atoms with Crippen LogP contribution in [0.25, 0.3) is 0 Å². The van der Waals surface area contributed by atoms with Crippen molar-refractivity contribution in [3.63, 3.8) is 0 Å². The predicted molar refractivity (Wildman–Crippen MR) is 87.0 cm³/mol. The molecule has 0 rings (SSSR count). The van der Waals surface area contributed by atoms with E-state index < -0.39 is 0 Å². The number of nitrogens with zero attached hydrogens (tertiary/aromatic N) is 2. The minimum absolute atomic E-state index is 0.995. The molecule has 108 valence electrons. The van der Waals surface area contributed by atoms with Gasteiger partial charge in [-0.15, -0.1) is 0 Å². The van der Waals surface area contributed by atoms with E-state index in [1.165, 1.54) is 6.42 Å². The Bertz CT molecular complexity index is 254. The van der Waals surface area contributed by atoms with Crippen LogP contribution in [0.15, 0.2) is 50.6 Å². The number of rotatable bonds is 12. The second-order valence-electron chi connectivity index (χ2n) is 5.92. The highest BCUT2D eigenvalue weighted by atomic mass is 15.3. The Labute approximate surface area is 120 Å². The fourth-order valence-corrected chi connectivity index (χ4v) is 2.60. The van der Waals surface area contributed by atoms with Crippen LogP contribution in [0.1, 0.15) is 6.42 Å². The summed E-state index contributed by atoms with van der Waals surface area (Å²) in [6, 6.07) is 0. The zero-order chi connectivity index (χ0) is 14.8. The fraction of sp³-hybridized carbons (Fsp3) is 0.529. The van der Waals surface area contributed by atoms with Crippen LogP contribution in [-0.2, 0) is 0 Å². The van der Waals surface area contributed by atoms with Gasteiger partial charge in [0.2, 0.25) is 0 Å². The molecule has 2 nitrogen and oxygen atoms in total. The van der Waals surface area contributed by atoms with E-state index in [1.54, 1.807) is 0 Å². The van der Waals surface area contributed by atoms with Gasteiger partial charge in [-0.2, -0.15) is 0 Å². The third kappa shape index (κ3) is 7.14. The molecule has 0 aromatic carbocycles. The Kier molecular flexibility index (Phi) is 8.37. The smallest absolute Gasteiger partial charge is 0.0971 e. The molecular formula is C17H32N2+2. The Morgan fingerprint density at radius 3 is 1.11 bits per heavy atom. The highest BCUT2D eigenvalue weighted by Gasteiger charge is 2.22. The van der Waals surface area contributed by atoms with Crippen LogP contribution >= 0.6 is 0 Å². The highest BCUT2D eigenvalue weighted by molar-refractivity contribution is 4.72. The lowest BCUT2D eigenvalue weighted by atomic mass is 10.2. The molecule has 0 amide bonds. The van der Waals surface area contributed by atoms with Gasteiger partial charge in [-0.1, -0.05) is 26.3 Å². The lowest BCUT2D eigenvalue weighted by molar-refractivity contribution is -0.917. The number of hydrogen-bond acceptors (Lipinski definition) is 0. The molecule has 0 atom stereocenters. The summed E-state index contributed by atoms with van der Waals surface area (Å²) in [6.45, 7) is 21.8. The van der Waals surface area contributed by atoms with Crippen molar-refractivity contribution >= 4 is 0 Å². The van der Waals surface area contributed by atoms with Crippen molar-refractivity contribution in [2.45, 2.75) is 6.42 Å². The van der Waals surface area contributed by atoms with E-state index in [1.807, 2.05) is 24.3 Å². The fourth-order valence-electron chi connectivity index (χ4n) is 2.60. The van der Waals surface area contributed by atoms with Crippen LogP contribution in [0, 0.1) is 0 Å². The van der Waals surface area contributed by atoms with Crippen LogP contribution < -0.4 is 0 Å². The third-order valence-corrected chi connectivity index (χ3v) is 3.68. The summed E-state index contributed by atoms with van der Waals surface area (Å²) >= 11 is 0. The Hall–Kier alpha value is -1.12. The van der Waals surface area contributed by atoms with Crippen molar-refractivity contribution in [3.8, 4) is 0 Å². The summed E-state index contributed by atoms with van der Waals surface area (Å²) in [7, 11) is 4.55. The number of likely N-dealkylation sites (N-methyl/N-ethyl adjacent to an activating group) is 2. The van der Waals surface area contributed by atoms with Gasteiger partial charge in [0.15, 0.2) is 0 Å². The average Bonchev–Trinajstić information content (AvgIpc) is 2.29. The van der Waals surface area contributed by atoms with Crippen molar-refractivity contribution in [2.24, 2.45) is 0 Å². The largest absolute Gasteiger partial charge is 0.319 e. The molecule has 0 aliphatic carbocycles. The summed E-state index contributed by atoms with van der Waals surface area (Å²) in [6.07, 6.45) is 9.21. The van der Waals surface area contributed by atoms with E-state index >= 15 is 0 Å². The van der Waals surface area contributed by atoms with E-state index in [0.717, 1.165) is 48.2 Å². The summed E-state index contributed by atoms with van der Waals surface area (Å²) in [5.74, 6) is 0. The molecule has 0 unspecified atom stereocenters. The van der Waals surface area contributed by atoms with Crippen molar-refractivity contribution in [3.05, 3.63) is 50.6 Å². The first-order chi connectivity index (χ1) is 8.95. The normalized spacial score (nSPS) is 11.9. The van der Waals surface area contributed by atoms with Crippen LogP contribution in [0.3, 0.4) is 0 Å². The van der Waals surface area contributed by atoms with Gasteiger partial charge in [0.05, 0.1) is 53.4 Å². The lowest BCUT2D eigenvalue weighted by Crippen LogP contribution is -2.49. The molecule has 0 aliphatic heterocycles. The van der Waals surface area contributed by atoms with Gasteiger partial charge >= 0.3 is 0 Å². The van der Waals surface area contributed by atoms with Crippen LogP contribution in [-0.4, -0.2) is 62.3 Å². The van der Waals surface area contributed by atoms with Crippen LogP contribution in [0.2, 0.25) is 0 Å². The molecule has 2 heteroatoms. The van der Waals surface area contributed by atoms with Gasteiger partial charge in [-0.25, -0.2) is 0 Å². The van der Waals surface area contributed by atoms with E-state index in [2.05, 4.69) is 40.4 Å². The number of quaternary nitrogens is 2. The third-order valence-electron chi connectivity index (χ3n) is 3.68. The molecule has 0 saturated heterocycles. The molecule has 19 heavy (non-hydrogen) atoms. The molecule has 0 radical (unpaired) electrons. The van der Waals surface area contributed by atoms with Gasteiger partial charge in [0.25, 0.3) is 0 Å². The molecular weight excluding hydrogens is 232 g/mol. The number of hydrogen-bond donors (Lipinski definition) is 0. The van der Waals surface area contributed by atoms with Crippen LogP contribution in [0.5, 0.6) is 0 Å². The monoisotopic (exact) mass is 264 g/mol. The predicted octanol–water partition coefficient (Wildman–Crippen LogP) is 3.01. The maximum absolute atomic E-state index is 3.86. The zero-order valence-electron chi connectivity index (χ0n) is 13.0. The van der Waals surface area contributed by atoms with Gasteiger partial charge in [-0.3, -0.25) is 0 Å². The first kappa shape index (κ1) is 17.9. The van der Waals surface area contributed by atoms with E-state index in [4.69, 9.17) is 0 Å². The van der Waals surface area contributed by atoms with Gasteiger partial charge in [-0.05, 0) is 24.3 Å². The summed E-state index contributed by atoms with van der Waals surface area (Å²) in [5, 5.41) is 0. The molecule has 0 aromatic rings. The minimum atomic E-state index is 0.995. The summed E-state index contributed by atoms with van der Waals surface area (Å²) in [5.41, 5.74) is 0. The molecule has 0 saturated carbocycles. The Morgan fingerprint density at radius 2 is 0.895 bits per heavy atom. The Morgan fingerprint density at radius 1 is 0.632 bits per heavy atom. The molecule has 0 N–H and O–H groups in total. The standard InChI is InChI=1S/C17H32N2/c1-7-12-18(5,13-8-2)16-11-17-19(6,14-9-3)15-10-4/h7-10H,1-4,11-17H2,5-6H3/q+2. The van der Waals surface area contributed by atoms with Gasteiger partial charge in [0, 0.05) is 6.42 Å². The molecule has 0 bridgehead atoms. The molecule has 0 aliphatic rings. The van der Waals surface area contributed by atoms with Crippen molar-refractivity contribution < 1.29 is 8.97 Å². The zero-order valence-corrected chi connectivity index (χ0v) is 13.0. The van der Waals surface area contributed by atoms with Gasteiger partial charge in [0.1, 0.15) is 0 Å². The second-order valence-corrected chi connectivity index (χ2v) is 5.92. The molecule has 0 heterocycles. The molecule has 0 spiro atoms. The van der Waals surface area contributed by atoms with Crippen molar-refractivity contribution in [2.75, 3.05) is 53.4 Å². The lowest BCUT2D eigenvalue weighted by Gasteiger charge is -2.36. The van der Waals surface area contributed by atoms with Crippen molar-refractivity contribution in [1.29, 1.82) is 0 Å². The maximum atomic E-state index is 3.86. The maximum Gasteiger partial charge on any atom is 0.0971 e. The minimum Gasteiger partial charge on any atom is -0.319 e. The topological polar surface area (TPSA) is 0 Å². The summed E-state index contributed by atoms with van der Waals surface area (Å²) in [4.78, 5) is 0. The van der Waals surface area contributed by atoms with Crippen molar-refractivity contribution in [1.82, 2.24) is 0 Å².